The molecule has 1 aromatic rings. The maximum Gasteiger partial charge on any atom is 0.308 e. The highest BCUT2D eigenvalue weighted by Crippen LogP contribution is 2.14. The fourth-order valence-electron chi connectivity index (χ4n) is 3.47. The number of unbranched alkanes of at least 4 members (excludes halogenated alkanes) is 1. The Bertz CT molecular complexity index is 792. The molecule has 176 valence electrons. The number of piperazine rings is 1. The van der Waals surface area contributed by atoms with Gasteiger partial charge in [-0.15, -0.1) is 0 Å². The standard InChI is InChI=1S/C23H34N4O5/c1-4-7-14-32-21(29)15-19-22(30)24-12-13-27(19)20(28)16-25-18-10-8-17(9-11-18)23(31)26(5-2)6-3/h8-11,19,25H,4-7,12-16H2,1-3H3,(H,24,30). The summed E-state index contributed by atoms with van der Waals surface area (Å²) in [4.78, 5) is 52.7. The molecule has 0 aromatic heterocycles. The summed E-state index contributed by atoms with van der Waals surface area (Å²) in [5.41, 5.74) is 1.27. The van der Waals surface area contributed by atoms with Crippen molar-refractivity contribution in [2.45, 2.75) is 46.1 Å². The van der Waals surface area contributed by atoms with E-state index >= 15 is 0 Å². The predicted octanol–water partition coefficient (Wildman–Crippen LogP) is 1.64. The first kappa shape index (κ1) is 25.2. The van der Waals surface area contributed by atoms with Crippen LogP contribution in [0.5, 0.6) is 0 Å². The minimum absolute atomic E-state index is 0.0298. The van der Waals surface area contributed by atoms with Crippen molar-refractivity contribution in [3.05, 3.63) is 29.8 Å². The lowest BCUT2D eigenvalue weighted by Gasteiger charge is -2.34. The second-order valence-corrected chi connectivity index (χ2v) is 7.58. The van der Waals surface area contributed by atoms with Gasteiger partial charge < -0.3 is 25.2 Å². The van der Waals surface area contributed by atoms with Crippen LogP contribution in [0.25, 0.3) is 0 Å². The Labute approximate surface area is 189 Å². The maximum atomic E-state index is 12.8. The third-order valence-corrected chi connectivity index (χ3v) is 5.40. The van der Waals surface area contributed by atoms with Gasteiger partial charge in [-0.2, -0.15) is 0 Å². The number of amides is 3. The molecular formula is C23H34N4O5. The van der Waals surface area contributed by atoms with Crippen LogP contribution in [0, 0.1) is 0 Å². The number of nitrogens with zero attached hydrogens (tertiary/aromatic N) is 2. The van der Waals surface area contributed by atoms with Gasteiger partial charge in [-0.05, 0) is 44.5 Å². The first-order valence-electron chi connectivity index (χ1n) is 11.3. The predicted molar refractivity (Wildman–Crippen MR) is 121 cm³/mol. The van der Waals surface area contributed by atoms with E-state index in [0.29, 0.717) is 44.0 Å². The zero-order chi connectivity index (χ0) is 23.5. The van der Waals surface area contributed by atoms with Gasteiger partial charge in [0.15, 0.2) is 0 Å². The highest BCUT2D eigenvalue weighted by Gasteiger charge is 2.34. The van der Waals surface area contributed by atoms with E-state index in [0.717, 1.165) is 12.8 Å². The summed E-state index contributed by atoms with van der Waals surface area (Å²) in [6.45, 7) is 8.09. The fraction of sp³-hybridized carbons (Fsp3) is 0.565. The molecule has 1 atom stereocenters. The highest BCUT2D eigenvalue weighted by molar-refractivity contribution is 5.95. The third kappa shape index (κ3) is 6.96. The Morgan fingerprint density at radius 1 is 1.16 bits per heavy atom. The van der Waals surface area contributed by atoms with Gasteiger partial charge in [0.2, 0.25) is 11.8 Å². The number of rotatable bonds is 11. The lowest BCUT2D eigenvalue weighted by Crippen LogP contribution is -2.58. The summed E-state index contributed by atoms with van der Waals surface area (Å²) in [7, 11) is 0. The molecule has 1 unspecified atom stereocenters. The van der Waals surface area contributed by atoms with Gasteiger partial charge in [0, 0.05) is 37.4 Å². The average Bonchev–Trinajstić information content (AvgIpc) is 2.80. The first-order chi connectivity index (χ1) is 15.4. The molecule has 0 spiro atoms. The monoisotopic (exact) mass is 446 g/mol. The fourth-order valence-corrected chi connectivity index (χ4v) is 3.47. The Morgan fingerprint density at radius 3 is 2.47 bits per heavy atom. The van der Waals surface area contributed by atoms with Crippen LogP contribution in [0.1, 0.15) is 50.4 Å². The van der Waals surface area contributed by atoms with Crippen LogP contribution in [-0.4, -0.2) is 78.9 Å². The number of nitrogens with one attached hydrogen (secondary N) is 2. The van der Waals surface area contributed by atoms with Crippen molar-refractivity contribution in [3.63, 3.8) is 0 Å². The van der Waals surface area contributed by atoms with Gasteiger partial charge in [0.1, 0.15) is 6.04 Å². The molecule has 0 aliphatic carbocycles. The molecule has 2 rings (SSSR count). The second kappa shape index (κ2) is 12.7. The summed E-state index contributed by atoms with van der Waals surface area (Å²) in [6.07, 6.45) is 1.50. The zero-order valence-corrected chi connectivity index (χ0v) is 19.2. The van der Waals surface area contributed by atoms with E-state index < -0.39 is 12.0 Å². The molecule has 2 N–H and O–H groups in total. The van der Waals surface area contributed by atoms with Crippen molar-refractivity contribution in [1.82, 2.24) is 15.1 Å². The normalized spacial score (nSPS) is 15.7. The van der Waals surface area contributed by atoms with Crippen molar-refractivity contribution in [2.75, 3.05) is 44.6 Å². The number of carbonyl (C=O) groups excluding carboxylic acids is 4. The van der Waals surface area contributed by atoms with Crippen molar-refractivity contribution < 1.29 is 23.9 Å². The van der Waals surface area contributed by atoms with Crippen molar-refractivity contribution in [3.8, 4) is 0 Å². The van der Waals surface area contributed by atoms with Crippen molar-refractivity contribution in [2.24, 2.45) is 0 Å². The molecule has 1 aromatic carbocycles. The maximum absolute atomic E-state index is 12.8. The molecule has 0 radical (unpaired) electrons. The molecule has 1 aliphatic heterocycles. The number of anilines is 1. The quantitative estimate of drug-likeness (QED) is 0.395. The number of ether oxygens (including phenoxy) is 1. The number of esters is 1. The summed E-state index contributed by atoms with van der Waals surface area (Å²) in [5.74, 6) is -1.16. The first-order valence-corrected chi connectivity index (χ1v) is 11.3. The minimum Gasteiger partial charge on any atom is -0.466 e. The van der Waals surface area contributed by atoms with E-state index in [9.17, 15) is 19.2 Å². The lowest BCUT2D eigenvalue weighted by molar-refractivity contribution is -0.151. The number of hydrogen-bond donors (Lipinski definition) is 2. The molecule has 1 saturated heterocycles. The van der Waals surface area contributed by atoms with Crippen LogP contribution in [0.15, 0.2) is 24.3 Å². The van der Waals surface area contributed by atoms with Crippen molar-refractivity contribution >= 4 is 29.4 Å². The molecule has 9 nitrogen and oxygen atoms in total. The van der Waals surface area contributed by atoms with Crippen molar-refractivity contribution in [1.29, 1.82) is 0 Å². The molecule has 3 amide bonds. The smallest absolute Gasteiger partial charge is 0.308 e. The SMILES string of the molecule is CCCCOC(=O)CC1C(=O)NCCN1C(=O)CNc1ccc(C(=O)N(CC)CC)cc1. The van der Waals surface area contributed by atoms with Crippen LogP contribution in [-0.2, 0) is 19.1 Å². The Kier molecular flexibility index (Phi) is 9.97. The summed E-state index contributed by atoms with van der Waals surface area (Å²) in [6, 6.07) is 6.06. The molecule has 0 bridgehead atoms. The van der Waals surface area contributed by atoms with Gasteiger partial charge in [-0.1, -0.05) is 13.3 Å². The van der Waals surface area contributed by atoms with E-state index in [4.69, 9.17) is 4.74 Å². The van der Waals surface area contributed by atoms with E-state index in [-0.39, 0.29) is 30.7 Å². The Hall–Kier alpha value is -3.10. The minimum atomic E-state index is -0.874. The van der Waals surface area contributed by atoms with Gasteiger partial charge >= 0.3 is 5.97 Å². The van der Waals surface area contributed by atoms with E-state index in [2.05, 4.69) is 10.6 Å². The molecular weight excluding hydrogens is 412 g/mol. The van der Waals surface area contributed by atoms with E-state index in [1.54, 1.807) is 29.2 Å². The van der Waals surface area contributed by atoms with Crippen LogP contribution in [0.3, 0.4) is 0 Å². The molecule has 1 aliphatic rings. The number of benzene rings is 1. The number of hydrogen-bond acceptors (Lipinski definition) is 6. The summed E-state index contributed by atoms with van der Waals surface area (Å²) < 4.78 is 5.15. The van der Waals surface area contributed by atoms with Crippen LogP contribution >= 0.6 is 0 Å². The molecule has 1 fully saturated rings. The lowest BCUT2D eigenvalue weighted by atomic mass is 10.1. The molecule has 9 heteroatoms. The van der Waals surface area contributed by atoms with Crippen LogP contribution in [0.4, 0.5) is 5.69 Å². The summed E-state index contributed by atoms with van der Waals surface area (Å²) >= 11 is 0. The highest BCUT2D eigenvalue weighted by atomic mass is 16.5. The van der Waals surface area contributed by atoms with E-state index in [1.165, 1.54) is 4.90 Å². The topological polar surface area (TPSA) is 108 Å². The summed E-state index contributed by atoms with van der Waals surface area (Å²) in [5, 5.41) is 5.73. The van der Waals surface area contributed by atoms with Gasteiger partial charge in [0.25, 0.3) is 5.91 Å². The zero-order valence-electron chi connectivity index (χ0n) is 19.2. The second-order valence-electron chi connectivity index (χ2n) is 7.58. The Balaban J connectivity index is 1.94. The van der Waals surface area contributed by atoms with E-state index in [1.807, 2.05) is 20.8 Å². The van der Waals surface area contributed by atoms with Gasteiger partial charge in [-0.3, -0.25) is 19.2 Å². The van der Waals surface area contributed by atoms with Crippen LogP contribution < -0.4 is 10.6 Å². The molecule has 0 saturated carbocycles. The van der Waals surface area contributed by atoms with Crippen LogP contribution in [0.2, 0.25) is 0 Å². The van der Waals surface area contributed by atoms with Gasteiger partial charge in [0.05, 0.1) is 19.6 Å². The molecule has 32 heavy (non-hydrogen) atoms. The third-order valence-electron chi connectivity index (χ3n) is 5.40. The average molecular weight is 447 g/mol. The largest absolute Gasteiger partial charge is 0.466 e. The Morgan fingerprint density at radius 2 is 1.84 bits per heavy atom. The number of carbonyl (C=O) groups is 4. The molecule has 1 heterocycles. The van der Waals surface area contributed by atoms with Gasteiger partial charge in [-0.25, -0.2) is 0 Å².